The van der Waals surface area contributed by atoms with Gasteiger partial charge in [-0.25, -0.2) is 4.79 Å². The number of carboxylic acid groups (broad SMARTS) is 1. The Morgan fingerprint density at radius 1 is 1.43 bits per heavy atom. The smallest absolute Gasteiger partial charge is 0.339 e. The van der Waals surface area contributed by atoms with Crippen LogP contribution >= 0.6 is 0 Å². The zero-order valence-corrected chi connectivity index (χ0v) is 14.1. The van der Waals surface area contributed by atoms with Crippen molar-refractivity contribution < 1.29 is 14.7 Å². The zero-order chi connectivity index (χ0) is 17.1. The molecule has 23 heavy (non-hydrogen) atoms. The first kappa shape index (κ1) is 17.2. The molecule has 0 spiro atoms. The highest BCUT2D eigenvalue weighted by atomic mass is 16.4. The van der Waals surface area contributed by atoms with Crippen molar-refractivity contribution in [2.45, 2.75) is 46.1 Å². The second-order valence-electron chi connectivity index (χ2n) is 6.51. The maximum absolute atomic E-state index is 12.4. The van der Waals surface area contributed by atoms with Crippen LogP contribution in [0.5, 0.6) is 0 Å². The van der Waals surface area contributed by atoms with Gasteiger partial charge in [-0.15, -0.1) is 6.58 Å². The lowest BCUT2D eigenvalue weighted by molar-refractivity contribution is -0.136. The number of rotatable bonds is 5. The molecule has 126 valence electrons. The molecule has 0 bridgehead atoms. The Balaban J connectivity index is 1.97. The van der Waals surface area contributed by atoms with Crippen LogP contribution in [0.25, 0.3) is 0 Å². The van der Waals surface area contributed by atoms with Gasteiger partial charge in [0.25, 0.3) is 0 Å². The molecule has 1 saturated heterocycles. The van der Waals surface area contributed by atoms with Gasteiger partial charge in [0.1, 0.15) is 5.56 Å². The minimum Gasteiger partial charge on any atom is -0.478 e. The molecule has 2 rings (SSSR count). The van der Waals surface area contributed by atoms with Crippen LogP contribution in [0.3, 0.4) is 0 Å². The predicted molar refractivity (Wildman–Crippen MR) is 87.4 cm³/mol. The molecule has 0 aromatic carbocycles. The number of carbonyl (C=O) groups excluding carboxylic acids is 1. The Kier molecular flexibility index (Phi) is 5.23. The van der Waals surface area contributed by atoms with E-state index in [2.05, 4.69) is 11.7 Å². The molecule has 1 aromatic rings. The molecule has 1 N–H and O–H groups in total. The monoisotopic (exact) mass is 319 g/mol. The summed E-state index contributed by atoms with van der Waals surface area (Å²) >= 11 is 0. The topological polar surface area (TPSA) is 75.4 Å². The number of allylic oxidation sites excluding steroid dienone is 1. The predicted octanol–water partition coefficient (Wildman–Crippen LogP) is 2.66. The van der Waals surface area contributed by atoms with E-state index in [4.69, 9.17) is 5.11 Å². The van der Waals surface area contributed by atoms with Gasteiger partial charge in [0.15, 0.2) is 0 Å². The third kappa shape index (κ3) is 3.81. The van der Waals surface area contributed by atoms with Gasteiger partial charge in [-0.3, -0.25) is 9.48 Å². The molecule has 6 nitrogen and oxygen atoms in total. The average molecular weight is 319 g/mol. The number of amides is 1. The fourth-order valence-electron chi connectivity index (χ4n) is 3.25. The molecule has 1 amide bonds. The van der Waals surface area contributed by atoms with Crippen LogP contribution in [0.2, 0.25) is 0 Å². The fraction of sp³-hybridized carbons (Fsp3) is 0.588. The SMILES string of the molecule is C=C(C)CC(C)C(=O)N1CCC(n2ncc(C(=O)O)c2C)CC1. The van der Waals surface area contributed by atoms with E-state index in [-0.39, 0.29) is 23.4 Å². The molecule has 0 radical (unpaired) electrons. The molecule has 1 aliphatic heterocycles. The highest BCUT2D eigenvalue weighted by Gasteiger charge is 2.28. The van der Waals surface area contributed by atoms with Gasteiger partial charge in [0, 0.05) is 19.0 Å². The van der Waals surface area contributed by atoms with Crippen LogP contribution in [0.1, 0.15) is 55.2 Å². The van der Waals surface area contributed by atoms with Crippen molar-refractivity contribution in [2.75, 3.05) is 13.1 Å². The van der Waals surface area contributed by atoms with Crippen molar-refractivity contribution in [1.82, 2.24) is 14.7 Å². The highest BCUT2D eigenvalue weighted by molar-refractivity contribution is 5.88. The Morgan fingerprint density at radius 2 is 2.04 bits per heavy atom. The quantitative estimate of drug-likeness (QED) is 0.847. The number of likely N-dealkylation sites (tertiary alicyclic amines) is 1. The van der Waals surface area contributed by atoms with Crippen LogP contribution in [0, 0.1) is 12.8 Å². The normalized spacial score (nSPS) is 17.1. The molecular weight excluding hydrogens is 294 g/mol. The average Bonchev–Trinajstić information content (AvgIpc) is 2.88. The van der Waals surface area contributed by atoms with E-state index in [0.29, 0.717) is 18.8 Å². The first-order valence-corrected chi connectivity index (χ1v) is 8.01. The summed E-state index contributed by atoms with van der Waals surface area (Å²) in [7, 11) is 0. The lowest BCUT2D eigenvalue weighted by Gasteiger charge is -2.34. The molecule has 1 fully saturated rings. The number of aromatic nitrogens is 2. The number of hydrogen-bond acceptors (Lipinski definition) is 3. The van der Waals surface area contributed by atoms with Crippen LogP contribution in [-0.4, -0.2) is 44.8 Å². The van der Waals surface area contributed by atoms with Crippen molar-refractivity contribution in [3.05, 3.63) is 29.6 Å². The van der Waals surface area contributed by atoms with Crippen molar-refractivity contribution >= 4 is 11.9 Å². The van der Waals surface area contributed by atoms with Crippen LogP contribution in [-0.2, 0) is 4.79 Å². The van der Waals surface area contributed by atoms with Crippen molar-refractivity contribution in [1.29, 1.82) is 0 Å². The second-order valence-corrected chi connectivity index (χ2v) is 6.51. The van der Waals surface area contributed by atoms with Crippen LogP contribution in [0.4, 0.5) is 0 Å². The van der Waals surface area contributed by atoms with Gasteiger partial charge >= 0.3 is 5.97 Å². The van der Waals surface area contributed by atoms with Crippen molar-refractivity contribution in [2.24, 2.45) is 5.92 Å². The van der Waals surface area contributed by atoms with E-state index in [1.807, 2.05) is 18.7 Å². The molecule has 1 atom stereocenters. The van der Waals surface area contributed by atoms with Gasteiger partial charge in [-0.05, 0) is 33.1 Å². The third-order valence-corrected chi connectivity index (χ3v) is 4.47. The van der Waals surface area contributed by atoms with E-state index < -0.39 is 5.97 Å². The molecule has 6 heteroatoms. The Bertz CT molecular complexity index is 613. The largest absolute Gasteiger partial charge is 0.478 e. The van der Waals surface area contributed by atoms with Gasteiger partial charge < -0.3 is 10.0 Å². The molecule has 2 heterocycles. The number of piperidine rings is 1. The fourth-order valence-corrected chi connectivity index (χ4v) is 3.25. The summed E-state index contributed by atoms with van der Waals surface area (Å²) in [5.74, 6) is -0.807. The summed E-state index contributed by atoms with van der Waals surface area (Å²) in [6.07, 6.45) is 3.73. The van der Waals surface area contributed by atoms with E-state index in [1.54, 1.807) is 11.6 Å². The van der Waals surface area contributed by atoms with Gasteiger partial charge in [-0.2, -0.15) is 5.10 Å². The van der Waals surface area contributed by atoms with Gasteiger partial charge in [0.05, 0.1) is 17.9 Å². The van der Waals surface area contributed by atoms with E-state index in [9.17, 15) is 9.59 Å². The number of aromatic carboxylic acids is 1. The maximum atomic E-state index is 12.4. The minimum absolute atomic E-state index is 0.0332. The lowest BCUT2D eigenvalue weighted by Crippen LogP contribution is -2.42. The molecular formula is C17H25N3O3. The summed E-state index contributed by atoms with van der Waals surface area (Å²) in [5, 5.41) is 13.3. The maximum Gasteiger partial charge on any atom is 0.339 e. The summed E-state index contributed by atoms with van der Waals surface area (Å²) in [6, 6.07) is 0.156. The van der Waals surface area contributed by atoms with Crippen molar-refractivity contribution in [3.63, 3.8) is 0 Å². The number of hydrogen-bond donors (Lipinski definition) is 1. The summed E-state index contributed by atoms with van der Waals surface area (Å²) in [6.45, 7) is 10.9. The number of carboxylic acids is 1. The zero-order valence-electron chi connectivity index (χ0n) is 14.1. The Labute approximate surface area is 136 Å². The molecule has 1 unspecified atom stereocenters. The third-order valence-electron chi connectivity index (χ3n) is 4.47. The van der Waals surface area contributed by atoms with Crippen LogP contribution < -0.4 is 0 Å². The lowest BCUT2D eigenvalue weighted by atomic mass is 9.98. The van der Waals surface area contributed by atoms with Gasteiger partial charge in [-0.1, -0.05) is 12.5 Å². The minimum atomic E-state index is -0.949. The summed E-state index contributed by atoms with van der Waals surface area (Å²) < 4.78 is 1.79. The van der Waals surface area contributed by atoms with Crippen LogP contribution in [0.15, 0.2) is 18.3 Å². The van der Waals surface area contributed by atoms with Gasteiger partial charge in [0.2, 0.25) is 5.91 Å². The van der Waals surface area contributed by atoms with E-state index in [1.165, 1.54) is 6.20 Å². The Morgan fingerprint density at radius 3 is 2.52 bits per heavy atom. The Hall–Kier alpha value is -2.11. The van der Waals surface area contributed by atoms with E-state index >= 15 is 0 Å². The standard InChI is InChI=1S/C17H25N3O3/c1-11(2)9-12(3)16(21)19-7-5-14(6-8-19)20-13(4)15(10-18-20)17(22)23/h10,12,14H,1,5-9H2,2-4H3,(H,22,23). The molecule has 1 aliphatic rings. The molecule has 1 aromatic heterocycles. The van der Waals surface area contributed by atoms with Crippen molar-refractivity contribution in [3.8, 4) is 0 Å². The first-order valence-electron chi connectivity index (χ1n) is 8.01. The molecule has 0 saturated carbocycles. The molecule has 0 aliphatic carbocycles. The number of carbonyl (C=O) groups is 2. The second kappa shape index (κ2) is 6.98. The highest BCUT2D eigenvalue weighted by Crippen LogP contribution is 2.26. The number of nitrogens with zero attached hydrogens (tertiary/aromatic N) is 3. The summed E-state index contributed by atoms with van der Waals surface area (Å²) in [4.78, 5) is 25.4. The van der Waals surface area contributed by atoms with E-state index in [0.717, 1.165) is 24.8 Å². The summed E-state index contributed by atoms with van der Waals surface area (Å²) in [5.41, 5.74) is 1.95. The first-order chi connectivity index (χ1) is 10.8.